The number of hydrogen-bond acceptors (Lipinski definition) is 5. The quantitative estimate of drug-likeness (QED) is 0.504. The molecule has 0 atom stereocenters. The molecule has 1 heterocycles. The molecule has 0 saturated carbocycles. The van der Waals surface area contributed by atoms with E-state index in [0.717, 1.165) is 16.9 Å². The van der Waals surface area contributed by atoms with Crippen molar-refractivity contribution in [1.29, 1.82) is 0 Å². The number of halogens is 1. The van der Waals surface area contributed by atoms with Crippen LogP contribution < -0.4 is 14.8 Å². The summed E-state index contributed by atoms with van der Waals surface area (Å²) in [5.41, 5.74) is 3.19. The summed E-state index contributed by atoms with van der Waals surface area (Å²) in [6.07, 6.45) is 1.65. The van der Waals surface area contributed by atoms with E-state index < -0.39 is 5.82 Å². The molecule has 0 radical (unpaired) electrons. The lowest BCUT2D eigenvalue weighted by Gasteiger charge is -2.11. The fraction of sp³-hybridized carbons (Fsp3) is 0.0870. The minimum absolute atomic E-state index is 0.246. The number of methoxy groups -OCH3 is 2. The molecule has 4 rings (SSSR count). The fourth-order valence-electron chi connectivity index (χ4n) is 3.14. The van der Waals surface area contributed by atoms with E-state index in [1.165, 1.54) is 18.2 Å². The van der Waals surface area contributed by atoms with E-state index in [1.807, 2.05) is 18.2 Å². The second-order valence-corrected chi connectivity index (χ2v) is 6.61. The van der Waals surface area contributed by atoms with Gasteiger partial charge in [0, 0.05) is 16.8 Å². The monoisotopic (exact) mass is 418 g/mol. The van der Waals surface area contributed by atoms with Crippen molar-refractivity contribution in [3.8, 4) is 28.4 Å². The second kappa shape index (κ2) is 8.66. The number of ether oxygens (including phenoxy) is 2. The number of amides is 1. The van der Waals surface area contributed by atoms with E-state index in [0.29, 0.717) is 17.2 Å². The van der Waals surface area contributed by atoms with E-state index in [-0.39, 0.29) is 11.5 Å². The van der Waals surface area contributed by atoms with Crippen LogP contribution in [-0.4, -0.2) is 35.1 Å². The molecule has 1 aromatic heterocycles. The van der Waals surface area contributed by atoms with Crippen LogP contribution in [0.5, 0.6) is 11.5 Å². The fourth-order valence-corrected chi connectivity index (χ4v) is 3.14. The Morgan fingerprint density at radius 3 is 2.45 bits per heavy atom. The molecule has 0 aliphatic rings. The van der Waals surface area contributed by atoms with Crippen LogP contribution in [0, 0.1) is 5.82 Å². The topological polar surface area (TPSA) is 78.3 Å². The normalized spacial score (nSPS) is 10.5. The number of hydrogen-bond donors (Lipinski definition) is 1. The lowest BCUT2D eigenvalue weighted by Crippen LogP contribution is -2.12. The van der Waals surface area contributed by atoms with Crippen LogP contribution in [-0.2, 0) is 0 Å². The molecule has 0 aliphatic carbocycles. The summed E-state index contributed by atoms with van der Waals surface area (Å²) in [7, 11) is 3.16. The van der Waals surface area contributed by atoms with Gasteiger partial charge in [0.05, 0.1) is 31.8 Å². The molecule has 1 amide bonds. The molecule has 3 aromatic carbocycles. The van der Waals surface area contributed by atoms with Crippen molar-refractivity contribution in [1.82, 2.24) is 15.0 Å². The molecule has 8 heteroatoms. The molecule has 0 spiro atoms. The standard InChI is InChI=1S/C23H19FN4O3/c1-30-21-11-6-15(13-22(21)31-2)20-14-25-27-28(20)19-9-7-18(8-10-19)26-23(29)16-4-3-5-17(24)12-16/h3-14H,1-2H3,(H,26,29). The van der Waals surface area contributed by atoms with Crippen molar-refractivity contribution >= 4 is 11.6 Å². The number of nitrogens with one attached hydrogen (secondary N) is 1. The van der Waals surface area contributed by atoms with Gasteiger partial charge in [-0.25, -0.2) is 9.07 Å². The van der Waals surface area contributed by atoms with Crippen LogP contribution in [0.1, 0.15) is 10.4 Å². The van der Waals surface area contributed by atoms with E-state index in [1.54, 1.807) is 55.4 Å². The lowest BCUT2D eigenvalue weighted by molar-refractivity contribution is 0.102. The highest BCUT2D eigenvalue weighted by atomic mass is 19.1. The van der Waals surface area contributed by atoms with Gasteiger partial charge < -0.3 is 14.8 Å². The first-order chi connectivity index (χ1) is 15.1. The highest BCUT2D eigenvalue weighted by Gasteiger charge is 2.13. The van der Waals surface area contributed by atoms with Gasteiger partial charge in [0.2, 0.25) is 0 Å². The summed E-state index contributed by atoms with van der Waals surface area (Å²) in [6, 6.07) is 18.2. The van der Waals surface area contributed by atoms with E-state index in [9.17, 15) is 9.18 Å². The minimum atomic E-state index is -0.461. The first kappa shape index (κ1) is 20.1. The summed E-state index contributed by atoms with van der Waals surface area (Å²) >= 11 is 0. The van der Waals surface area contributed by atoms with Crippen molar-refractivity contribution in [2.24, 2.45) is 0 Å². The van der Waals surface area contributed by atoms with Gasteiger partial charge in [-0.3, -0.25) is 4.79 Å². The second-order valence-electron chi connectivity index (χ2n) is 6.61. The number of nitrogens with zero attached hydrogens (tertiary/aromatic N) is 3. The van der Waals surface area contributed by atoms with E-state index in [4.69, 9.17) is 9.47 Å². The van der Waals surface area contributed by atoms with Crippen LogP contribution in [0.2, 0.25) is 0 Å². The third-order valence-corrected chi connectivity index (χ3v) is 4.69. The molecule has 0 aliphatic heterocycles. The number of carbonyl (C=O) groups is 1. The van der Waals surface area contributed by atoms with E-state index >= 15 is 0 Å². The summed E-state index contributed by atoms with van der Waals surface area (Å²) < 4.78 is 25.7. The number of benzene rings is 3. The third-order valence-electron chi connectivity index (χ3n) is 4.69. The van der Waals surface area contributed by atoms with Crippen molar-refractivity contribution in [2.75, 3.05) is 19.5 Å². The molecule has 0 unspecified atom stereocenters. The Bertz CT molecular complexity index is 1220. The van der Waals surface area contributed by atoms with Gasteiger partial charge >= 0.3 is 0 Å². The zero-order valence-corrected chi connectivity index (χ0v) is 16.9. The molecule has 4 aromatic rings. The molecule has 0 fully saturated rings. The Morgan fingerprint density at radius 2 is 1.74 bits per heavy atom. The van der Waals surface area contributed by atoms with Gasteiger partial charge in [0.15, 0.2) is 11.5 Å². The molecule has 156 valence electrons. The molecule has 7 nitrogen and oxygen atoms in total. The van der Waals surface area contributed by atoms with Crippen LogP contribution >= 0.6 is 0 Å². The highest BCUT2D eigenvalue weighted by Crippen LogP contribution is 2.32. The van der Waals surface area contributed by atoms with Gasteiger partial charge in [-0.05, 0) is 60.7 Å². The highest BCUT2D eigenvalue weighted by molar-refractivity contribution is 6.04. The predicted molar refractivity (Wildman–Crippen MR) is 114 cm³/mol. The Morgan fingerprint density at radius 1 is 0.968 bits per heavy atom. The van der Waals surface area contributed by atoms with Crippen LogP contribution in [0.3, 0.4) is 0 Å². The average Bonchev–Trinajstić information content (AvgIpc) is 3.29. The van der Waals surface area contributed by atoms with Gasteiger partial charge in [-0.2, -0.15) is 0 Å². The van der Waals surface area contributed by atoms with Gasteiger partial charge in [0.1, 0.15) is 5.82 Å². The van der Waals surface area contributed by atoms with Gasteiger partial charge in [0.25, 0.3) is 5.91 Å². The van der Waals surface area contributed by atoms with Crippen molar-refractivity contribution < 1.29 is 18.7 Å². The van der Waals surface area contributed by atoms with Gasteiger partial charge in [-0.1, -0.05) is 11.3 Å². The first-order valence-electron chi connectivity index (χ1n) is 9.39. The third kappa shape index (κ3) is 4.23. The Balaban J connectivity index is 1.57. The van der Waals surface area contributed by atoms with E-state index in [2.05, 4.69) is 15.6 Å². The smallest absolute Gasteiger partial charge is 0.255 e. The number of aromatic nitrogens is 3. The summed E-state index contributed by atoms with van der Waals surface area (Å²) in [4.78, 5) is 12.3. The maximum atomic E-state index is 13.3. The Labute approximate surface area is 178 Å². The maximum Gasteiger partial charge on any atom is 0.255 e. The summed E-state index contributed by atoms with van der Waals surface area (Å²) in [6.45, 7) is 0. The Hall–Kier alpha value is -4.20. The minimum Gasteiger partial charge on any atom is -0.493 e. The maximum absolute atomic E-state index is 13.3. The zero-order valence-electron chi connectivity index (χ0n) is 16.9. The van der Waals surface area contributed by atoms with Crippen LogP contribution in [0.4, 0.5) is 10.1 Å². The molecule has 0 bridgehead atoms. The average molecular weight is 418 g/mol. The number of rotatable bonds is 6. The summed E-state index contributed by atoms with van der Waals surface area (Å²) in [5.74, 6) is 0.378. The van der Waals surface area contributed by atoms with Crippen molar-refractivity contribution in [3.63, 3.8) is 0 Å². The lowest BCUT2D eigenvalue weighted by atomic mass is 10.1. The Kier molecular flexibility index (Phi) is 5.61. The zero-order chi connectivity index (χ0) is 21.8. The number of anilines is 1. The predicted octanol–water partition coefficient (Wildman–Crippen LogP) is 4.34. The summed E-state index contributed by atoms with van der Waals surface area (Å²) in [5, 5.41) is 11.0. The largest absolute Gasteiger partial charge is 0.493 e. The molecule has 1 N–H and O–H groups in total. The van der Waals surface area contributed by atoms with Gasteiger partial charge in [-0.15, -0.1) is 5.10 Å². The molecule has 31 heavy (non-hydrogen) atoms. The number of carbonyl (C=O) groups excluding carboxylic acids is 1. The van der Waals surface area contributed by atoms with Crippen molar-refractivity contribution in [2.45, 2.75) is 0 Å². The van der Waals surface area contributed by atoms with Crippen molar-refractivity contribution in [3.05, 3.63) is 84.3 Å². The molecular formula is C23H19FN4O3. The molecular weight excluding hydrogens is 399 g/mol. The first-order valence-corrected chi connectivity index (χ1v) is 9.39. The van der Waals surface area contributed by atoms with Crippen LogP contribution in [0.25, 0.3) is 16.9 Å². The SMILES string of the molecule is COc1ccc(-c2cnnn2-c2ccc(NC(=O)c3cccc(F)c3)cc2)cc1OC. The molecule has 0 saturated heterocycles. The van der Waals surface area contributed by atoms with Crippen LogP contribution in [0.15, 0.2) is 72.9 Å².